The molecule has 1 aliphatic carbocycles. The number of amides is 1. The third-order valence-corrected chi connectivity index (χ3v) is 4.87. The minimum absolute atomic E-state index is 0.0165. The van der Waals surface area contributed by atoms with Crippen molar-refractivity contribution in [1.29, 1.82) is 0 Å². The summed E-state index contributed by atoms with van der Waals surface area (Å²) in [7, 11) is 1.20. The molecule has 1 amide bonds. The molecule has 27 heavy (non-hydrogen) atoms. The zero-order valence-corrected chi connectivity index (χ0v) is 15.4. The molecule has 0 aliphatic heterocycles. The highest BCUT2D eigenvalue weighted by atomic mass is 19.2. The summed E-state index contributed by atoms with van der Waals surface area (Å²) in [6.45, 7) is 3.38. The molecule has 0 unspecified atom stereocenters. The summed E-state index contributed by atoms with van der Waals surface area (Å²) in [6.07, 6.45) is 2.96. The highest BCUT2D eigenvalue weighted by Crippen LogP contribution is 2.40. The fourth-order valence-corrected chi connectivity index (χ4v) is 3.09. The Morgan fingerprint density at radius 2 is 2.07 bits per heavy atom. The topological polar surface area (TPSA) is 80.6 Å². The van der Waals surface area contributed by atoms with E-state index in [0.29, 0.717) is 0 Å². The van der Waals surface area contributed by atoms with Crippen LogP contribution in [0.15, 0.2) is 17.1 Å². The van der Waals surface area contributed by atoms with Gasteiger partial charge < -0.3 is 19.7 Å². The zero-order chi connectivity index (χ0) is 19.9. The summed E-state index contributed by atoms with van der Waals surface area (Å²) in [5.41, 5.74) is -0.748. The van der Waals surface area contributed by atoms with Crippen molar-refractivity contribution in [2.45, 2.75) is 38.8 Å². The Labute approximate surface area is 154 Å². The Kier molecular flexibility index (Phi) is 5.19. The van der Waals surface area contributed by atoms with E-state index in [1.807, 2.05) is 13.8 Å². The summed E-state index contributed by atoms with van der Waals surface area (Å²) in [5, 5.41) is 11.9. The first-order valence-electron chi connectivity index (χ1n) is 8.82. The molecule has 1 aromatic carbocycles. The van der Waals surface area contributed by atoms with Gasteiger partial charge in [0.25, 0.3) is 5.91 Å². The van der Waals surface area contributed by atoms with Gasteiger partial charge in [-0.05, 0) is 24.8 Å². The van der Waals surface area contributed by atoms with Gasteiger partial charge in [0.15, 0.2) is 11.6 Å². The lowest BCUT2D eigenvalue weighted by atomic mass is 10.0. The first kappa shape index (κ1) is 19.3. The first-order chi connectivity index (χ1) is 12.8. The number of rotatable bonds is 6. The largest absolute Gasteiger partial charge is 0.491 e. The number of ether oxygens (including phenoxy) is 1. The van der Waals surface area contributed by atoms with E-state index in [1.54, 1.807) is 4.57 Å². The molecule has 1 saturated carbocycles. The van der Waals surface area contributed by atoms with Crippen LogP contribution >= 0.6 is 0 Å². The molecule has 0 saturated heterocycles. The van der Waals surface area contributed by atoms with Crippen LogP contribution in [0.1, 0.15) is 43.1 Å². The molecule has 1 aliphatic rings. The average Bonchev–Trinajstić information content (AvgIpc) is 3.46. The molecule has 2 N–H and O–H groups in total. The molecule has 3 rings (SSSR count). The smallest absolute Gasteiger partial charge is 0.257 e. The second-order valence-corrected chi connectivity index (χ2v) is 7.12. The molecular formula is C19H22F2N2O4. The first-order valence-corrected chi connectivity index (χ1v) is 8.82. The number of carbonyl (C=O) groups excluding carboxylic acids is 1. The van der Waals surface area contributed by atoms with Gasteiger partial charge in [-0.2, -0.15) is 4.39 Å². The van der Waals surface area contributed by atoms with Gasteiger partial charge in [0, 0.05) is 12.2 Å². The Bertz CT molecular complexity index is 951. The van der Waals surface area contributed by atoms with Crippen LogP contribution in [0.5, 0.6) is 5.75 Å². The van der Waals surface area contributed by atoms with Crippen LogP contribution in [0.4, 0.5) is 8.78 Å². The number of carbonyl (C=O) groups is 1. The predicted molar refractivity (Wildman–Crippen MR) is 96.1 cm³/mol. The van der Waals surface area contributed by atoms with Crippen molar-refractivity contribution < 1.29 is 23.4 Å². The Morgan fingerprint density at radius 3 is 2.59 bits per heavy atom. The monoisotopic (exact) mass is 380 g/mol. The van der Waals surface area contributed by atoms with Crippen LogP contribution in [0, 0.1) is 17.6 Å². The highest BCUT2D eigenvalue weighted by molar-refractivity contribution is 5.98. The summed E-state index contributed by atoms with van der Waals surface area (Å²) in [6, 6.07) is 0.260. The standard InChI is InChI=1S/C19H22F2N2O4/c1-9(2)14(8-24)22-19(26)12-7-23(10-4-5-10)16-11(17(12)25)6-13(20)15(21)18(16)27-3/h6-7,9-10,14,24H,4-5,8H2,1-3H3,(H,22,26)/t14-/m1/s1. The molecule has 1 aromatic heterocycles. The van der Waals surface area contributed by atoms with Gasteiger partial charge in [-0.3, -0.25) is 9.59 Å². The second kappa shape index (κ2) is 7.26. The normalized spacial score (nSPS) is 15.2. The number of aliphatic hydroxyl groups excluding tert-OH is 1. The Balaban J connectivity index is 2.21. The maximum atomic E-state index is 14.2. The molecule has 1 heterocycles. The lowest BCUT2D eigenvalue weighted by Gasteiger charge is -2.21. The molecule has 1 fully saturated rings. The number of pyridine rings is 1. The van der Waals surface area contributed by atoms with Gasteiger partial charge in [-0.15, -0.1) is 0 Å². The minimum Gasteiger partial charge on any atom is -0.491 e. The Morgan fingerprint density at radius 1 is 1.41 bits per heavy atom. The van der Waals surface area contributed by atoms with Crippen molar-refractivity contribution in [2.24, 2.45) is 5.92 Å². The minimum atomic E-state index is -1.22. The number of hydrogen-bond donors (Lipinski definition) is 2. The summed E-state index contributed by atoms with van der Waals surface area (Å²) < 4.78 is 34.8. The van der Waals surface area contributed by atoms with Crippen LogP contribution in [0.25, 0.3) is 10.9 Å². The number of aromatic nitrogens is 1. The number of nitrogens with one attached hydrogen (secondary N) is 1. The lowest BCUT2D eigenvalue weighted by molar-refractivity contribution is 0.0895. The van der Waals surface area contributed by atoms with Crippen LogP contribution in [0.3, 0.4) is 0 Å². The maximum Gasteiger partial charge on any atom is 0.257 e. The average molecular weight is 380 g/mol. The van der Waals surface area contributed by atoms with Crippen molar-refractivity contribution in [3.05, 3.63) is 39.7 Å². The van der Waals surface area contributed by atoms with Gasteiger partial charge in [-0.1, -0.05) is 13.8 Å². The number of halogens is 2. The van der Waals surface area contributed by atoms with E-state index >= 15 is 0 Å². The van der Waals surface area contributed by atoms with Crippen molar-refractivity contribution in [1.82, 2.24) is 9.88 Å². The molecular weight excluding hydrogens is 358 g/mol. The number of benzene rings is 1. The lowest BCUT2D eigenvalue weighted by Crippen LogP contribution is -2.42. The SMILES string of the molecule is COc1c(F)c(F)cc2c(=O)c(C(=O)N[C@H](CO)C(C)C)cn(C3CC3)c12. The van der Waals surface area contributed by atoms with Gasteiger partial charge in [0.2, 0.25) is 11.2 Å². The van der Waals surface area contributed by atoms with E-state index in [2.05, 4.69) is 5.32 Å². The summed E-state index contributed by atoms with van der Waals surface area (Å²) >= 11 is 0. The fraction of sp³-hybridized carbons (Fsp3) is 0.474. The van der Waals surface area contributed by atoms with Crippen molar-refractivity contribution >= 4 is 16.8 Å². The quantitative estimate of drug-likeness (QED) is 0.806. The maximum absolute atomic E-state index is 14.2. The molecule has 6 nitrogen and oxygen atoms in total. The molecule has 0 bridgehead atoms. The summed E-state index contributed by atoms with van der Waals surface area (Å²) in [5.74, 6) is -3.44. The van der Waals surface area contributed by atoms with E-state index in [9.17, 15) is 23.5 Å². The van der Waals surface area contributed by atoms with Gasteiger partial charge in [0.05, 0.1) is 30.7 Å². The van der Waals surface area contributed by atoms with Crippen molar-refractivity contribution in [3.8, 4) is 5.75 Å². The molecule has 0 radical (unpaired) electrons. The third kappa shape index (κ3) is 3.41. The van der Waals surface area contributed by atoms with Gasteiger partial charge in [-0.25, -0.2) is 4.39 Å². The summed E-state index contributed by atoms with van der Waals surface area (Å²) in [4.78, 5) is 25.5. The molecule has 8 heteroatoms. The van der Waals surface area contributed by atoms with Crippen LogP contribution in [-0.4, -0.2) is 35.3 Å². The molecule has 0 spiro atoms. The third-order valence-electron chi connectivity index (χ3n) is 4.87. The number of hydrogen-bond acceptors (Lipinski definition) is 4. The van der Waals surface area contributed by atoms with E-state index in [1.165, 1.54) is 13.3 Å². The molecule has 146 valence electrons. The van der Waals surface area contributed by atoms with Gasteiger partial charge in [0.1, 0.15) is 5.56 Å². The number of nitrogens with zero attached hydrogens (tertiary/aromatic N) is 1. The van der Waals surface area contributed by atoms with Gasteiger partial charge >= 0.3 is 0 Å². The van der Waals surface area contributed by atoms with Crippen molar-refractivity contribution in [2.75, 3.05) is 13.7 Å². The highest BCUT2D eigenvalue weighted by Gasteiger charge is 2.30. The number of aliphatic hydroxyl groups is 1. The van der Waals surface area contributed by atoms with E-state index in [0.717, 1.165) is 18.9 Å². The molecule has 1 atom stereocenters. The fourth-order valence-electron chi connectivity index (χ4n) is 3.09. The number of fused-ring (bicyclic) bond motifs is 1. The number of methoxy groups -OCH3 is 1. The van der Waals surface area contributed by atoms with Crippen molar-refractivity contribution in [3.63, 3.8) is 0 Å². The van der Waals surface area contributed by atoms with Crippen LogP contribution in [0.2, 0.25) is 0 Å². The molecule has 2 aromatic rings. The second-order valence-electron chi connectivity index (χ2n) is 7.12. The zero-order valence-electron chi connectivity index (χ0n) is 15.4. The van der Waals surface area contributed by atoms with Crippen LogP contribution < -0.4 is 15.5 Å². The van der Waals surface area contributed by atoms with E-state index < -0.39 is 29.0 Å². The van der Waals surface area contributed by atoms with E-state index in [4.69, 9.17) is 4.74 Å². The van der Waals surface area contributed by atoms with Crippen LogP contribution in [-0.2, 0) is 0 Å². The predicted octanol–water partition coefficient (Wildman–Crippen LogP) is 2.37. The van der Waals surface area contributed by atoms with E-state index in [-0.39, 0.29) is 40.8 Å². The Hall–Kier alpha value is -2.48.